The van der Waals surface area contributed by atoms with Gasteiger partial charge < -0.3 is 15.5 Å². The third kappa shape index (κ3) is 8.77. The Kier molecular flexibility index (Phi) is 10.6. The van der Waals surface area contributed by atoms with E-state index in [9.17, 15) is 4.79 Å². The number of allylic oxidation sites excluding steroid dienone is 3. The summed E-state index contributed by atoms with van der Waals surface area (Å²) < 4.78 is 0. The maximum atomic E-state index is 11.6. The molecule has 1 saturated carbocycles. The highest BCUT2D eigenvalue weighted by Gasteiger charge is 2.41. The summed E-state index contributed by atoms with van der Waals surface area (Å²) in [4.78, 5) is 17.7. The Morgan fingerprint density at radius 2 is 1.96 bits per heavy atom. The molecule has 0 saturated heterocycles. The van der Waals surface area contributed by atoms with E-state index in [0.717, 1.165) is 12.8 Å². The number of rotatable bonds is 9. The van der Waals surface area contributed by atoms with Gasteiger partial charge in [-0.15, -0.1) is 0 Å². The van der Waals surface area contributed by atoms with E-state index in [1.165, 1.54) is 24.2 Å². The molecule has 1 fully saturated rings. The quantitative estimate of drug-likeness (QED) is 0.388. The van der Waals surface area contributed by atoms with Gasteiger partial charge in [0.05, 0.1) is 12.3 Å². The van der Waals surface area contributed by atoms with Gasteiger partial charge in [0.25, 0.3) is 5.91 Å². The fraction of sp³-hybridized carbons (Fsp3) is 0.722. The highest BCUT2D eigenvalue weighted by Crippen LogP contribution is 2.54. The Morgan fingerprint density at radius 3 is 2.43 bits per heavy atom. The molecule has 1 atom stereocenters. The molecule has 1 rings (SSSR count). The maximum Gasteiger partial charge on any atom is 0.269 e. The Morgan fingerprint density at radius 1 is 1.35 bits per heavy atom. The molecule has 1 amide bonds. The number of carbonyl (C=O) groups excluding carboxylic acids is 1. The molecule has 0 heterocycles. The van der Waals surface area contributed by atoms with Crippen LogP contribution in [0.25, 0.3) is 0 Å². The molecule has 5 heteroatoms. The monoisotopic (exact) mass is 325 g/mol. The molecule has 0 aromatic rings. The van der Waals surface area contributed by atoms with Crippen molar-refractivity contribution in [1.29, 1.82) is 0 Å². The molecule has 0 bridgehead atoms. The zero-order chi connectivity index (χ0) is 17.9. The Labute approximate surface area is 141 Å². The zero-order valence-electron chi connectivity index (χ0n) is 15.5. The van der Waals surface area contributed by atoms with E-state index >= 15 is 0 Å². The second kappa shape index (κ2) is 11.2. The summed E-state index contributed by atoms with van der Waals surface area (Å²) in [6.07, 6.45) is 11.5. The molecule has 134 valence electrons. The minimum Gasteiger partial charge on any atom is -0.394 e. The predicted octanol–water partition coefficient (Wildman–Crippen LogP) is 2.98. The summed E-state index contributed by atoms with van der Waals surface area (Å²) in [6.45, 7) is 6.87. The lowest BCUT2D eigenvalue weighted by atomic mass is 9.88. The van der Waals surface area contributed by atoms with Gasteiger partial charge in [-0.05, 0) is 49.5 Å². The molecular weight excluding hydrogens is 290 g/mol. The van der Waals surface area contributed by atoms with Gasteiger partial charge in [-0.2, -0.15) is 0 Å². The summed E-state index contributed by atoms with van der Waals surface area (Å²) >= 11 is 0. The number of nitrogens with two attached hydrogens (primary N) is 2. The molecule has 1 unspecified atom stereocenters. The first-order valence-corrected chi connectivity index (χ1v) is 8.56. The van der Waals surface area contributed by atoms with Crippen LogP contribution in [0.2, 0.25) is 0 Å². The van der Waals surface area contributed by atoms with E-state index in [2.05, 4.69) is 17.8 Å². The van der Waals surface area contributed by atoms with E-state index in [1.54, 1.807) is 20.2 Å². The van der Waals surface area contributed by atoms with Crippen molar-refractivity contribution in [3.8, 4) is 0 Å². The maximum absolute atomic E-state index is 11.6. The molecule has 23 heavy (non-hydrogen) atoms. The smallest absolute Gasteiger partial charge is 0.269 e. The standard InChI is InChI=1S/C16H29N3O2.C2H6/c1-13(7-11-21-18)12-16(9-10-16)8-5-4-6-14(17)15(20)19(2)3;1-2/h4-6,13H,7-12,17-18H2,1-3H3;1-2H3/b5-4-,14-6-;. The summed E-state index contributed by atoms with van der Waals surface area (Å²) in [5.41, 5.74) is 6.43. The number of carbonyl (C=O) groups is 1. The van der Waals surface area contributed by atoms with Crippen molar-refractivity contribution in [2.45, 2.75) is 52.9 Å². The minimum absolute atomic E-state index is 0.156. The van der Waals surface area contributed by atoms with Crippen LogP contribution in [0.1, 0.15) is 52.9 Å². The van der Waals surface area contributed by atoms with Gasteiger partial charge in [-0.3, -0.25) is 4.79 Å². The van der Waals surface area contributed by atoms with Crippen LogP contribution in [-0.2, 0) is 9.63 Å². The molecule has 0 aromatic carbocycles. The lowest BCUT2D eigenvalue weighted by Crippen LogP contribution is -2.27. The Bertz CT molecular complexity index is 399. The van der Waals surface area contributed by atoms with E-state index in [0.29, 0.717) is 17.9 Å². The number of hydrogen-bond acceptors (Lipinski definition) is 4. The van der Waals surface area contributed by atoms with E-state index < -0.39 is 0 Å². The highest BCUT2D eigenvalue weighted by atomic mass is 16.6. The first-order chi connectivity index (χ1) is 10.9. The molecule has 4 N–H and O–H groups in total. The number of likely N-dealkylation sites (N-methyl/N-ethyl adjacent to an activating group) is 1. The summed E-state index contributed by atoms with van der Waals surface area (Å²) in [6, 6.07) is 0. The predicted molar refractivity (Wildman–Crippen MR) is 96.3 cm³/mol. The first-order valence-electron chi connectivity index (χ1n) is 8.56. The number of amides is 1. The molecule has 1 aliphatic carbocycles. The van der Waals surface area contributed by atoms with Gasteiger partial charge in [0.1, 0.15) is 0 Å². The van der Waals surface area contributed by atoms with Crippen molar-refractivity contribution >= 4 is 5.91 Å². The Hall–Kier alpha value is -1.33. The Balaban J connectivity index is 0.00000232. The third-order valence-electron chi connectivity index (χ3n) is 4.08. The van der Waals surface area contributed by atoms with Gasteiger partial charge in [-0.1, -0.05) is 32.9 Å². The fourth-order valence-corrected chi connectivity index (χ4v) is 2.60. The van der Waals surface area contributed by atoms with E-state index in [1.807, 2.05) is 19.9 Å². The van der Waals surface area contributed by atoms with Gasteiger partial charge in [0.15, 0.2) is 0 Å². The summed E-state index contributed by atoms with van der Waals surface area (Å²) in [7, 11) is 3.39. The molecule has 1 aliphatic rings. The van der Waals surface area contributed by atoms with Crippen LogP contribution < -0.4 is 11.6 Å². The van der Waals surface area contributed by atoms with Crippen LogP contribution in [0.5, 0.6) is 0 Å². The molecule has 0 radical (unpaired) electrons. The average molecular weight is 325 g/mol. The van der Waals surface area contributed by atoms with Gasteiger partial charge in [0, 0.05) is 14.1 Å². The first kappa shape index (κ1) is 21.7. The van der Waals surface area contributed by atoms with Crippen molar-refractivity contribution < 1.29 is 9.63 Å². The van der Waals surface area contributed by atoms with Crippen LogP contribution in [-0.4, -0.2) is 31.5 Å². The summed E-state index contributed by atoms with van der Waals surface area (Å²) in [5, 5.41) is 0. The van der Waals surface area contributed by atoms with Gasteiger partial charge in [0.2, 0.25) is 0 Å². The molecular formula is C18H35N3O2. The van der Waals surface area contributed by atoms with Gasteiger partial charge >= 0.3 is 0 Å². The molecule has 0 aromatic heterocycles. The van der Waals surface area contributed by atoms with E-state index in [-0.39, 0.29) is 11.6 Å². The number of hydrogen-bond donors (Lipinski definition) is 2. The molecule has 0 spiro atoms. The third-order valence-corrected chi connectivity index (χ3v) is 4.08. The second-order valence-corrected chi connectivity index (χ2v) is 6.42. The second-order valence-electron chi connectivity index (χ2n) is 6.42. The lowest BCUT2D eigenvalue weighted by molar-refractivity contribution is -0.124. The zero-order valence-corrected chi connectivity index (χ0v) is 15.5. The van der Waals surface area contributed by atoms with Crippen LogP contribution in [0.15, 0.2) is 23.9 Å². The largest absolute Gasteiger partial charge is 0.394 e. The SMILES string of the molecule is CC.CC(CCON)CC1(C/C=C\C=C(/N)C(=O)N(C)C)CC1. The van der Waals surface area contributed by atoms with Crippen LogP contribution >= 0.6 is 0 Å². The van der Waals surface area contributed by atoms with Crippen molar-refractivity contribution in [3.05, 3.63) is 23.9 Å². The topological polar surface area (TPSA) is 81.6 Å². The van der Waals surface area contributed by atoms with Crippen molar-refractivity contribution in [2.75, 3.05) is 20.7 Å². The summed E-state index contributed by atoms with van der Waals surface area (Å²) in [5.74, 6) is 5.54. The average Bonchev–Trinajstić information content (AvgIpc) is 3.30. The lowest BCUT2D eigenvalue weighted by Gasteiger charge is -2.18. The van der Waals surface area contributed by atoms with Crippen LogP contribution in [0, 0.1) is 11.3 Å². The van der Waals surface area contributed by atoms with Gasteiger partial charge in [-0.25, -0.2) is 5.90 Å². The van der Waals surface area contributed by atoms with E-state index in [4.69, 9.17) is 11.6 Å². The van der Waals surface area contributed by atoms with Crippen molar-refractivity contribution in [3.63, 3.8) is 0 Å². The highest BCUT2D eigenvalue weighted by molar-refractivity contribution is 5.92. The molecule has 5 nitrogen and oxygen atoms in total. The normalized spacial score (nSPS) is 17.4. The molecule has 0 aliphatic heterocycles. The van der Waals surface area contributed by atoms with Crippen molar-refractivity contribution in [2.24, 2.45) is 23.0 Å². The fourth-order valence-electron chi connectivity index (χ4n) is 2.60. The van der Waals surface area contributed by atoms with Crippen LogP contribution in [0.4, 0.5) is 0 Å². The number of nitrogens with zero attached hydrogens (tertiary/aromatic N) is 1. The van der Waals surface area contributed by atoms with Crippen LogP contribution in [0.3, 0.4) is 0 Å². The van der Waals surface area contributed by atoms with Crippen molar-refractivity contribution in [1.82, 2.24) is 4.90 Å². The minimum atomic E-state index is -0.156.